The molecule has 3 N–H and O–H groups in total. The van der Waals surface area contributed by atoms with Gasteiger partial charge in [0.2, 0.25) is 0 Å². The zero-order chi connectivity index (χ0) is 18.6. The van der Waals surface area contributed by atoms with Crippen LogP contribution in [0.3, 0.4) is 0 Å². The zero-order valence-electron chi connectivity index (χ0n) is 15.9. The fraction of sp³-hybridized carbons (Fsp3) is 0.400. The maximum atomic E-state index is 12.6. The number of hydrogen-bond donors (Lipinski definition) is 1. The molecule has 0 saturated carbocycles. The third kappa shape index (κ3) is 4.32. The van der Waals surface area contributed by atoms with Crippen LogP contribution >= 0.6 is 0 Å². The van der Waals surface area contributed by atoms with Crippen LogP contribution in [0.25, 0.3) is 0 Å². The number of esters is 2. The maximum absolute atomic E-state index is 12.6. The van der Waals surface area contributed by atoms with Gasteiger partial charge in [-0.1, -0.05) is 29.8 Å². The van der Waals surface area contributed by atoms with Gasteiger partial charge in [0.25, 0.3) is 0 Å². The lowest BCUT2D eigenvalue weighted by molar-refractivity contribution is -0.139. The number of ether oxygens (including phenoxy) is 2. The second-order valence-electron chi connectivity index (χ2n) is 5.99. The Morgan fingerprint density at radius 2 is 1.31 bits per heavy atom. The van der Waals surface area contributed by atoms with E-state index in [1.54, 1.807) is 13.8 Å². The third-order valence-corrected chi connectivity index (χ3v) is 4.16. The molecular formula is C20H27NO5. The van der Waals surface area contributed by atoms with Gasteiger partial charge >= 0.3 is 11.9 Å². The van der Waals surface area contributed by atoms with E-state index >= 15 is 0 Å². The lowest BCUT2D eigenvalue weighted by Gasteiger charge is -2.30. The molecule has 2 rings (SSSR count). The lowest BCUT2D eigenvalue weighted by Crippen LogP contribution is -2.32. The molecule has 1 aromatic carbocycles. The standard InChI is InChI=1S/C20H25NO4.H2O/c1-6-24-19(22)16-13(4)21-14(5)17(20(23)25-7-2)18(16)15-10-8-12(3)9-11-15;/h8-11,18,21H,6-7H2,1-5H3;1H2. The van der Waals surface area contributed by atoms with Crippen LogP contribution in [0.4, 0.5) is 0 Å². The van der Waals surface area contributed by atoms with Crippen LogP contribution < -0.4 is 5.32 Å². The third-order valence-electron chi connectivity index (χ3n) is 4.16. The van der Waals surface area contributed by atoms with Crippen LogP contribution in [0, 0.1) is 6.92 Å². The summed E-state index contributed by atoms with van der Waals surface area (Å²) in [5.41, 5.74) is 4.23. The molecule has 142 valence electrons. The van der Waals surface area contributed by atoms with E-state index in [4.69, 9.17) is 9.47 Å². The molecule has 0 spiro atoms. The first-order chi connectivity index (χ1) is 11.9. The van der Waals surface area contributed by atoms with E-state index in [-0.39, 0.29) is 18.7 Å². The van der Waals surface area contributed by atoms with Crippen molar-refractivity contribution in [1.82, 2.24) is 5.32 Å². The minimum absolute atomic E-state index is 0. The molecular weight excluding hydrogens is 334 g/mol. The first kappa shape index (κ1) is 21.4. The first-order valence-corrected chi connectivity index (χ1v) is 8.50. The summed E-state index contributed by atoms with van der Waals surface area (Å²) in [5.74, 6) is -1.36. The number of dihydropyridines is 1. The Balaban J connectivity index is 0.00000338. The fourth-order valence-electron chi connectivity index (χ4n) is 3.05. The van der Waals surface area contributed by atoms with Gasteiger partial charge in [0.1, 0.15) is 0 Å². The quantitative estimate of drug-likeness (QED) is 0.813. The number of aryl methyl sites for hydroxylation is 1. The van der Waals surface area contributed by atoms with Crippen molar-refractivity contribution in [1.29, 1.82) is 0 Å². The molecule has 0 fully saturated rings. The van der Waals surface area contributed by atoms with Crippen molar-refractivity contribution in [3.05, 3.63) is 57.9 Å². The summed E-state index contributed by atoms with van der Waals surface area (Å²) in [7, 11) is 0. The topological polar surface area (TPSA) is 96.1 Å². The van der Waals surface area contributed by atoms with Crippen LogP contribution in [0.15, 0.2) is 46.8 Å². The number of nitrogens with one attached hydrogen (secondary N) is 1. The molecule has 6 heteroatoms. The van der Waals surface area contributed by atoms with Gasteiger partial charge in [0, 0.05) is 11.4 Å². The summed E-state index contributed by atoms with van der Waals surface area (Å²) < 4.78 is 10.5. The Hall–Kier alpha value is -2.60. The lowest BCUT2D eigenvalue weighted by atomic mass is 9.80. The number of carbonyl (C=O) groups excluding carboxylic acids is 2. The minimum atomic E-state index is -0.514. The molecule has 0 radical (unpaired) electrons. The molecule has 0 bridgehead atoms. The normalized spacial score (nSPS) is 14.5. The van der Waals surface area contributed by atoms with Gasteiger partial charge in [-0.25, -0.2) is 9.59 Å². The number of rotatable bonds is 5. The number of allylic oxidation sites excluding steroid dienone is 2. The van der Waals surface area contributed by atoms with Crippen molar-refractivity contribution in [2.24, 2.45) is 0 Å². The van der Waals surface area contributed by atoms with E-state index in [0.29, 0.717) is 22.5 Å². The van der Waals surface area contributed by atoms with Gasteiger partial charge in [0.15, 0.2) is 0 Å². The Labute approximate surface area is 154 Å². The van der Waals surface area contributed by atoms with Crippen molar-refractivity contribution in [2.45, 2.75) is 40.5 Å². The van der Waals surface area contributed by atoms with E-state index in [0.717, 1.165) is 11.1 Å². The number of hydrogen-bond acceptors (Lipinski definition) is 5. The molecule has 0 saturated heterocycles. The molecule has 0 amide bonds. The summed E-state index contributed by atoms with van der Waals surface area (Å²) >= 11 is 0. The van der Waals surface area contributed by atoms with Crippen LogP contribution in [-0.4, -0.2) is 30.6 Å². The second-order valence-corrected chi connectivity index (χ2v) is 5.99. The van der Waals surface area contributed by atoms with Gasteiger partial charge in [-0.15, -0.1) is 0 Å². The predicted octanol–water partition coefficient (Wildman–Crippen LogP) is 2.53. The van der Waals surface area contributed by atoms with E-state index in [1.165, 1.54) is 0 Å². The fourth-order valence-corrected chi connectivity index (χ4v) is 3.05. The Bertz CT molecular complexity index is 691. The highest BCUT2D eigenvalue weighted by molar-refractivity contribution is 5.99. The van der Waals surface area contributed by atoms with Gasteiger partial charge in [-0.05, 0) is 40.2 Å². The largest absolute Gasteiger partial charge is 0.463 e. The van der Waals surface area contributed by atoms with E-state index in [1.807, 2.05) is 45.0 Å². The van der Waals surface area contributed by atoms with Gasteiger partial charge in [0.05, 0.1) is 30.3 Å². The molecule has 6 nitrogen and oxygen atoms in total. The molecule has 26 heavy (non-hydrogen) atoms. The SMILES string of the molecule is CCOC(=O)C1=C(C)NC(C)=C(C(=O)OCC)C1c1ccc(C)cc1.O. The average Bonchev–Trinajstić information content (AvgIpc) is 2.55. The molecule has 0 aromatic heterocycles. The summed E-state index contributed by atoms with van der Waals surface area (Å²) in [5, 5.41) is 3.13. The maximum Gasteiger partial charge on any atom is 0.336 e. The summed E-state index contributed by atoms with van der Waals surface area (Å²) in [6.45, 7) is 9.70. The van der Waals surface area contributed by atoms with Crippen molar-refractivity contribution in [3.63, 3.8) is 0 Å². The molecule has 0 atom stereocenters. The van der Waals surface area contributed by atoms with Crippen molar-refractivity contribution in [3.8, 4) is 0 Å². The van der Waals surface area contributed by atoms with Gasteiger partial charge in [-0.3, -0.25) is 0 Å². The second kappa shape index (κ2) is 9.20. The monoisotopic (exact) mass is 361 g/mol. The molecule has 1 aromatic rings. The van der Waals surface area contributed by atoms with Crippen molar-refractivity contribution < 1.29 is 24.5 Å². The summed E-state index contributed by atoms with van der Waals surface area (Å²) in [6, 6.07) is 7.80. The highest BCUT2D eigenvalue weighted by Crippen LogP contribution is 2.39. The van der Waals surface area contributed by atoms with Gasteiger partial charge < -0.3 is 20.3 Å². The molecule has 1 aliphatic heterocycles. The molecule has 0 unspecified atom stereocenters. The Morgan fingerprint density at radius 1 is 0.885 bits per heavy atom. The van der Waals surface area contributed by atoms with Crippen molar-refractivity contribution in [2.75, 3.05) is 13.2 Å². The van der Waals surface area contributed by atoms with Crippen LogP contribution in [0.1, 0.15) is 44.7 Å². The van der Waals surface area contributed by atoms with Crippen LogP contribution in [0.2, 0.25) is 0 Å². The Morgan fingerprint density at radius 3 is 1.69 bits per heavy atom. The molecule has 1 aliphatic rings. The van der Waals surface area contributed by atoms with Gasteiger partial charge in [-0.2, -0.15) is 0 Å². The molecule has 0 aliphatic carbocycles. The van der Waals surface area contributed by atoms with Crippen LogP contribution in [0.5, 0.6) is 0 Å². The number of carbonyl (C=O) groups is 2. The highest BCUT2D eigenvalue weighted by Gasteiger charge is 2.37. The predicted molar refractivity (Wildman–Crippen MR) is 99.3 cm³/mol. The van der Waals surface area contributed by atoms with Crippen LogP contribution in [-0.2, 0) is 19.1 Å². The average molecular weight is 361 g/mol. The van der Waals surface area contributed by atoms with E-state index in [9.17, 15) is 9.59 Å². The van der Waals surface area contributed by atoms with E-state index in [2.05, 4.69) is 5.32 Å². The first-order valence-electron chi connectivity index (χ1n) is 8.50. The number of benzene rings is 1. The molecule has 1 heterocycles. The van der Waals surface area contributed by atoms with E-state index < -0.39 is 17.9 Å². The highest BCUT2D eigenvalue weighted by atomic mass is 16.5. The Kier molecular flexibility index (Phi) is 7.58. The minimum Gasteiger partial charge on any atom is -0.463 e. The zero-order valence-corrected chi connectivity index (χ0v) is 15.9. The smallest absolute Gasteiger partial charge is 0.336 e. The van der Waals surface area contributed by atoms with Crippen molar-refractivity contribution >= 4 is 11.9 Å². The summed E-state index contributed by atoms with van der Waals surface area (Å²) in [4.78, 5) is 25.2. The summed E-state index contributed by atoms with van der Waals surface area (Å²) in [6.07, 6.45) is 0.